The summed E-state index contributed by atoms with van der Waals surface area (Å²) in [5, 5.41) is 15.3. The minimum Gasteiger partial charge on any atom is -0.508 e. The van der Waals surface area contributed by atoms with Gasteiger partial charge in [-0.3, -0.25) is 14.4 Å². The molecular formula is C22H29N7O2. The lowest BCUT2D eigenvalue weighted by molar-refractivity contribution is -0.132. The van der Waals surface area contributed by atoms with E-state index in [0.29, 0.717) is 26.2 Å². The van der Waals surface area contributed by atoms with Crippen LogP contribution < -0.4 is 4.90 Å². The number of hydrogen-bond donors (Lipinski definition) is 1. The maximum absolute atomic E-state index is 13.0. The molecule has 1 aromatic carbocycles. The highest BCUT2D eigenvalue weighted by molar-refractivity contribution is 5.87. The predicted octanol–water partition coefficient (Wildman–Crippen LogP) is 1.63. The van der Waals surface area contributed by atoms with Gasteiger partial charge in [0.05, 0.1) is 18.1 Å². The van der Waals surface area contributed by atoms with Crippen LogP contribution >= 0.6 is 0 Å². The van der Waals surface area contributed by atoms with Crippen LogP contribution in [0.3, 0.4) is 0 Å². The number of phenols is 1. The van der Waals surface area contributed by atoms with E-state index in [1.54, 1.807) is 23.3 Å². The van der Waals surface area contributed by atoms with Crippen LogP contribution in [-0.2, 0) is 18.4 Å². The Morgan fingerprint density at radius 2 is 1.94 bits per heavy atom. The molecule has 0 saturated carbocycles. The fourth-order valence-corrected chi connectivity index (χ4v) is 4.08. The SMILES string of the molecule is CCCN(CC(=O)N1CCN(c2ncnc3c2cnn3C)CC1)Cc1ccccc1O. The highest BCUT2D eigenvalue weighted by Gasteiger charge is 2.25. The number of carbonyl (C=O) groups is 1. The molecule has 0 spiro atoms. The van der Waals surface area contributed by atoms with E-state index in [4.69, 9.17) is 0 Å². The van der Waals surface area contributed by atoms with Gasteiger partial charge in [0.25, 0.3) is 0 Å². The number of aromatic hydroxyl groups is 1. The molecule has 9 nitrogen and oxygen atoms in total. The van der Waals surface area contributed by atoms with Crippen molar-refractivity contribution in [2.45, 2.75) is 19.9 Å². The average molecular weight is 424 g/mol. The lowest BCUT2D eigenvalue weighted by atomic mass is 10.2. The summed E-state index contributed by atoms with van der Waals surface area (Å²) < 4.78 is 1.74. The number of aryl methyl sites for hydroxylation is 1. The van der Waals surface area contributed by atoms with Gasteiger partial charge >= 0.3 is 0 Å². The third-order valence-corrected chi connectivity index (χ3v) is 5.72. The summed E-state index contributed by atoms with van der Waals surface area (Å²) in [4.78, 5) is 28.0. The molecule has 1 aliphatic heterocycles. The summed E-state index contributed by atoms with van der Waals surface area (Å²) >= 11 is 0. The van der Waals surface area contributed by atoms with E-state index < -0.39 is 0 Å². The first kappa shape index (κ1) is 21.0. The fourth-order valence-electron chi connectivity index (χ4n) is 4.08. The zero-order valence-corrected chi connectivity index (χ0v) is 18.1. The number of para-hydroxylation sites is 1. The van der Waals surface area contributed by atoms with Crippen molar-refractivity contribution in [1.82, 2.24) is 29.5 Å². The van der Waals surface area contributed by atoms with Crippen molar-refractivity contribution in [3.05, 3.63) is 42.4 Å². The van der Waals surface area contributed by atoms with Crippen LogP contribution in [0.25, 0.3) is 11.0 Å². The highest BCUT2D eigenvalue weighted by atomic mass is 16.3. The molecule has 0 aliphatic carbocycles. The number of piperazine rings is 1. The Labute approximate surface area is 181 Å². The van der Waals surface area contributed by atoms with Crippen LogP contribution in [0.15, 0.2) is 36.8 Å². The normalized spacial score (nSPS) is 14.5. The van der Waals surface area contributed by atoms with Gasteiger partial charge in [0, 0.05) is 45.3 Å². The maximum atomic E-state index is 13.0. The first-order chi connectivity index (χ1) is 15.1. The molecule has 4 rings (SSSR count). The molecule has 0 unspecified atom stereocenters. The number of nitrogens with zero attached hydrogens (tertiary/aromatic N) is 7. The topological polar surface area (TPSA) is 90.6 Å². The zero-order chi connectivity index (χ0) is 21.8. The lowest BCUT2D eigenvalue weighted by Crippen LogP contribution is -2.51. The average Bonchev–Trinajstić information content (AvgIpc) is 3.16. The number of carbonyl (C=O) groups excluding carboxylic acids is 1. The molecule has 2 aromatic heterocycles. The van der Waals surface area contributed by atoms with Crippen molar-refractivity contribution in [3.63, 3.8) is 0 Å². The van der Waals surface area contributed by atoms with Crippen LogP contribution in [0, 0.1) is 0 Å². The summed E-state index contributed by atoms with van der Waals surface area (Å²) in [5.41, 5.74) is 1.65. The fraction of sp³-hybridized carbons (Fsp3) is 0.455. The predicted molar refractivity (Wildman–Crippen MR) is 119 cm³/mol. The molecule has 1 aliphatic rings. The number of aromatic nitrogens is 4. The number of benzene rings is 1. The standard InChI is InChI=1S/C22H29N7O2/c1-3-8-27(14-17-6-4-5-7-19(17)30)15-20(31)28-9-11-29(12-10-28)22-18-13-25-26(2)21(18)23-16-24-22/h4-7,13,16,30H,3,8-12,14-15H2,1-2H3. The van der Waals surface area contributed by atoms with E-state index >= 15 is 0 Å². The van der Waals surface area contributed by atoms with Crippen LogP contribution in [0.1, 0.15) is 18.9 Å². The molecule has 1 amide bonds. The van der Waals surface area contributed by atoms with Crippen LogP contribution in [0.5, 0.6) is 5.75 Å². The van der Waals surface area contributed by atoms with E-state index in [-0.39, 0.29) is 11.7 Å². The Balaban J connectivity index is 1.37. The Morgan fingerprint density at radius 1 is 1.16 bits per heavy atom. The van der Waals surface area contributed by atoms with Crippen molar-refractivity contribution in [1.29, 1.82) is 0 Å². The summed E-state index contributed by atoms with van der Waals surface area (Å²) in [6.45, 7) is 6.57. The number of rotatable bonds is 7. The van der Waals surface area contributed by atoms with Gasteiger partial charge in [0.15, 0.2) is 5.65 Å². The Morgan fingerprint density at radius 3 is 2.68 bits per heavy atom. The second-order valence-corrected chi connectivity index (χ2v) is 7.91. The number of phenolic OH excluding ortho intramolecular Hbond substituents is 1. The molecule has 164 valence electrons. The zero-order valence-electron chi connectivity index (χ0n) is 18.1. The molecule has 3 heterocycles. The summed E-state index contributed by atoms with van der Waals surface area (Å²) in [7, 11) is 1.87. The quantitative estimate of drug-likeness (QED) is 0.618. The lowest BCUT2D eigenvalue weighted by Gasteiger charge is -2.36. The second kappa shape index (κ2) is 9.30. The van der Waals surface area contributed by atoms with Crippen molar-refractivity contribution < 1.29 is 9.90 Å². The van der Waals surface area contributed by atoms with Crippen molar-refractivity contribution in [2.24, 2.45) is 7.05 Å². The third-order valence-electron chi connectivity index (χ3n) is 5.72. The molecular weight excluding hydrogens is 394 g/mol. The molecule has 3 aromatic rings. The summed E-state index contributed by atoms with van der Waals surface area (Å²) in [6, 6.07) is 7.31. The van der Waals surface area contributed by atoms with E-state index in [1.165, 1.54) is 0 Å². The van der Waals surface area contributed by atoms with Gasteiger partial charge in [-0.2, -0.15) is 5.10 Å². The van der Waals surface area contributed by atoms with Gasteiger partial charge in [0.1, 0.15) is 17.9 Å². The summed E-state index contributed by atoms with van der Waals surface area (Å²) in [6.07, 6.45) is 4.31. The molecule has 1 fully saturated rings. The molecule has 1 N–H and O–H groups in total. The third kappa shape index (κ3) is 4.61. The van der Waals surface area contributed by atoms with Crippen molar-refractivity contribution in [3.8, 4) is 5.75 Å². The van der Waals surface area contributed by atoms with E-state index in [0.717, 1.165) is 48.5 Å². The molecule has 0 atom stereocenters. The number of fused-ring (bicyclic) bond motifs is 1. The maximum Gasteiger partial charge on any atom is 0.236 e. The number of anilines is 1. The monoisotopic (exact) mass is 423 g/mol. The molecule has 9 heteroatoms. The Kier molecular flexibility index (Phi) is 6.31. The largest absolute Gasteiger partial charge is 0.508 e. The number of amides is 1. The van der Waals surface area contributed by atoms with E-state index in [1.807, 2.05) is 30.1 Å². The second-order valence-electron chi connectivity index (χ2n) is 7.91. The van der Waals surface area contributed by atoms with Gasteiger partial charge in [-0.15, -0.1) is 0 Å². The van der Waals surface area contributed by atoms with Gasteiger partial charge in [-0.1, -0.05) is 25.1 Å². The van der Waals surface area contributed by atoms with E-state index in [9.17, 15) is 9.90 Å². The number of hydrogen-bond acceptors (Lipinski definition) is 7. The molecule has 0 radical (unpaired) electrons. The molecule has 31 heavy (non-hydrogen) atoms. The Bertz CT molecular complexity index is 1040. The van der Waals surface area contributed by atoms with Crippen molar-refractivity contribution >= 4 is 22.8 Å². The van der Waals surface area contributed by atoms with E-state index in [2.05, 4.69) is 31.8 Å². The first-order valence-electron chi connectivity index (χ1n) is 10.7. The minimum absolute atomic E-state index is 0.123. The highest BCUT2D eigenvalue weighted by Crippen LogP contribution is 2.23. The van der Waals surface area contributed by atoms with Gasteiger partial charge < -0.3 is 14.9 Å². The van der Waals surface area contributed by atoms with Crippen LogP contribution in [0.2, 0.25) is 0 Å². The van der Waals surface area contributed by atoms with Crippen LogP contribution in [-0.4, -0.2) is 79.8 Å². The molecule has 0 bridgehead atoms. The first-order valence-corrected chi connectivity index (χ1v) is 10.7. The molecule has 1 saturated heterocycles. The van der Waals surface area contributed by atoms with Gasteiger partial charge in [-0.25, -0.2) is 9.97 Å². The van der Waals surface area contributed by atoms with Crippen LogP contribution in [0.4, 0.5) is 5.82 Å². The van der Waals surface area contributed by atoms with Gasteiger partial charge in [-0.05, 0) is 19.0 Å². The smallest absolute Gasteiger partial charge is 0.236 e. The van der Waals surface area contributed by atoms with Gasteiger partial charge in [0.2, 0.25) is 5.91 Å². The minimum atomic E-state index is 0.123. The van der Waals surface area contributed by atoms with Crippen molar-refractivity contribution in [2.75, 3.05) is 44.2 Å². The summed E-state index contributed by atoms with van der Waals surface area (Å²) in [5.74, 6) is 1.27. The Hall–Kier alpha value is -3.20.